The predicted molar refractivity (Wildman–Crippen MR) is 75.8 cm³/mol. The average molecular weight is 305 g/mol. The van der Waals surface area contributed by atoms with Crippen LogP contribution >= 0.6 is 11.6 Å². The highest BCUT2D eigenvalue weighted by Crippen LogP contribution is 2.25. The van der Waals surface area contributed by atoms with Crippen molar-refractivity contribution < 1.29 is 13.2 Å². The number of halogens is 1. The third kappa shape index (κ3) is 4.72. The maximum atomic E-state index is 12.1. The second-order valence-corrected chi connectivity index (χ2v) is 6.97. The maximum absolute atomic E-state index is 12.1. The minimum atomic E-state index is -3.62. The third-order valence-corrected chi connectivity index (χ3v) is 4.53. The number of nitrogen functional groups attached to an aromatic ring is 1. The number of sulfone groups is 1. The molecule has 0 radical (unpaired) electrons. The molecule has 1 aromatic rings. The van der Waals surface area contributed by atoms with Crippen LogP contribution in [-0.2, 0) is 14.6 Å². The maximum Gasteiger partial charge on any atom is 0.221 e. The minimum Gasteiger partial charge on any atom is -0.399 e. The topological polar surface area (TPSA) is 89.3 Å². The van der Waals surface area contributed by atoms with Gasteiger partial charge in [-0.1, -0.05) is 11.6 Å². The lowest BCUT2D eigenvalue weighted by Gasteiger charge is -2.09. The standard InChI is InChI=1S/C12H17ClN2O3S/c1-8(2)15-12(16)5-6-19(17,18)11-7-9(14)3-4-10(11)13/h3-4,7-8H,5-6,14H2,1-2H3,(H,15,16). The van der Waals surface area contributed by atoms with Gasteiger partial charge in [0, 0.05) is 18.2 Å². The van der Waals surface area contributed by atoms with Crippen molar-refractivity contribution in [2.45, 2.75) is 31.2 Å². The molecular weight excluding hydrogens is 288 g/mol. The van der Waals surface area contributed by atoms with Crippen LogP contribution in [0.2, 0.25) is 5.02 Å². The zero-order chi connectivity index (χ0) is 14.6. The first kappa shape index (κ1) is 15.8. The van der Waals surface area contributed by atoms with Crippen LogP contribution in [0.5, 0.6) is 0 Å². The fourth-order valence-corrected chi connectivity index (χ4v) is 3.31. The Morgan fingerprint density at radius 2 is 2.05 bits per heavy atom. The molecule has 0 aromatic heterocycles. The van der Waals surface area contributed by atoms with Crippen LogP contribution in [-0.4, -0.2) is 26.1 Å². The van der Waals surface area contributed by atoms with Crippen LogP contribution in [0.1, 0.15) is 20.3 Å². The van der Waals surface area contributed by atoms with Crippen LogP contribution in [0.3, 0.4) is 0 Å². The van der Waals surface area contributed by atoms with Gasteiger partial charge in [-0.15, -0.1) is 0 Å². The van der Waals surface area contributed by atoms with E-state index < -0.39 is 9.84 Å². The molecule has 1 rings (SSSR count). The second-order valence-electron chi connectivity index (χ2n) is 4.48. The Labute approximate surface area is 118 Å². The van der Waals surface area contributed by atoms with Crippen molar-refractivity contribution in [2.75, 3.05) is 11.5 Å². The number of nitrogens with one attached hydrogen (secondary N) is 1. The fraction of sp³-hybridized carbons (Fsp3) is 0.417. The van der Waals surface area contributed by atoms with E-state index in [0.29, 0.717) is 5.69 Å². The number of hydrogen-bond acceptors (Lipinski definition) is 4. The van der Waals surface area contributed by atoms with Gasteiger partial charge in [-0.2, -0.15) is 0 Å². The van der Waals surface area contributed by atoms with E-state index in [9.17, 15) is 13.2 Å². The Balaban J connectivity index is 2.82. The Morgan fingerprint density at radius 3 is 2.63 bits per heavy atom. The van der Waals surface area contributed by atoms with Crippen molar-refractivity contribution >= 4 is 33.0 Å². The molecule has 3 N–H and O–H groups in total. The number of nitrogens with two attached hydrogens (primary N) is 1. The van der Waals surface area contributed by atoms with Gasteiger partial charge in [-0.3, -0.25) is 4.79 Å². The number of carbonyl (C=O) groups is 1. The molecule has 1 aromatic carbocycles. The van der Waals surface area contributed by atoms with E-state index >= 15 is 0 Å². The summed E-state index contributed by atoms with van der Waals surface area (Å²) in [5.41, 5.74) is 5.86. The summed E-state index contributed by atoms with van der Waals surface area (Å²) < 4.78 is 24.2. The lowest BCUT2D eigenvalue weighted by atomic mass is 10.3. The Bertz CT molecular complexity index is 570. The van der Waals surface area contributed by atoms with Gasteiger partial charge in [0.25, 0.3) is 0 Å². The summed E-state index contributed by atoms with van der Waals surface area (Å²) in [7, 11) is -3.62. The van der Waals surface area contributed by atoms with Crippen LogP contribution < -0.4 is 11.1 Å². The average Bonchev–Trinajstić information content (AvgIpc) is 2.29. The van der Waals surface area contributed by atoms with E-state index in [1.807, 2.05) is 0 Å². The SMILES string of the molecule is CC(C)NC(=O)CCS(=O)(=O)c1cc(N)ccc1Cl. The van der Waals surface area contributed by atoms with Gasteiger partial charge >= 0.3 is 0 Å². The van der Waals surface area contributed by atoms with Gasteiger partial charge in [-0.05, 0) is 32.0 Å². The van der Waals surface area contributed by atoms with Crippen molar-refractivity contribution in [3.63, 3.8) is 0 Å². The molecule has 0 aliphatic carbocycles. The molecule has 106 valence electrons. The predicted octanol–water partition coefficient (Wildman–Crippen LogP) is 1.61. The molecule has 1 amide bonds. The molecule has 7 heteroatoms. The second kappa shape index (κ2) is 6.25. The van der Waals surface area contributed by atoms with E-state index in [-0.39, 0.29) is 34.0 Å². The Morgan fingerprint density at radius 1 is 1.42 bits per heavy atom. The van der Waals surface area contributed by atoms with E-state index in [1.54, 1.807) is 13.8 Å². The van der Waals surface area contributed by atoms with Gasteiger partial charge in [0.15, 0.2) is 9.84 Å². The summed E-state index contributed by atoms with van der Waals surface area (Å²) in [5.74, 6) is -0.604. The summed E-state index contributed by atoms with van der Waals surface area (Å²) in [6.07, 6.45) is -0.106. The third-order valence-electron chi connectivity index (χ3n) is 2.34. The van der Waals surface area contributed by atoms with Crippen molar-refractivity contribution in [3.8, 4) is 0 Å². The molecule has 0 aliphatic heterocycles. The lowest BCUT2D eigenvalue weighted by molar-refractivity contribution is -0.121. The quantitative estimate of drug-likeness (QED) is 0.809. The first-order valence-electron chi connectivity index (χ1n) is 5.79. The molecule has 0 saturated heterocycles. The first-order valence-corrected chi connectivity index (χ1v) is 7.82. The number of carbonyl (C=O) groups excluding carboxylic acids is 1. The Hall–Kier alpha value is -1.27. The van der Waals surface area contributed by atoms with E-state index in [1.165, 1.54) is 18.2 Å². The van der Waals surface area contributed by atoms with Crippen LogP contribution in [0.15, 0.2) is 23.1 Å². The Kier molecular flexibility index (Phi) is 5.20. The zero-order valence-corrected chi connectivity index (χ0v) is 12.4. The van der Waals surface area contributed by atoms with Gasteiger partial charge in [0.1, 0.15) is 0 Å². The highest BCUT2D eigenvalue weighted by Gasteiger charge is 2.20. The number of hydrogen-bond donors (Lipinski definition) is 2. The molecule has 0 aliphatic rings. The van der Waals surface area contributed by atoms with Gasteiger partial charge < -0.3 is 11.1 Å². The largest absolute Gasteiger partial charge is 0.399 e. The first-order chi connectivity index (χ1) is 8.72. The number of anilines is 1. The van der Waals surface area contributed by atoms with E-state index in [2.05, 4.69) is 5.32 Å². The number of amides is 1. The van der Waals surface area contributed by atoms with Crippen molar-refractivity contribution in [3.05, 3.63) is 23.2 Å². The van der Waals surface area contributed by atoms with Crippen molar-refractivity contribution in [1.29, 1.82) is 0 Å². The van der Waals surface area contributed by atoms with Crippen LogP contribution in [0.4, 0.5) is 5.69 Å². The van der Waals surface area contributed by atoms with Crippen LogP contribution in [0, 0.1) is 0 Å². The summed E-state index contributed by atoms with van der Waals surface area (Å²) in [5, 5.41) is 2.74. The molecule has 19 heavy (non-hydrogen) atoms. The summed E-state index contributed by atoms with van der Waals surface area (Å²) >= 11 is 5.85. The zero-order valence-electron chi connectivity index (χ0n) is 10.8. The van der Waals surface area contributed by atoms with Gasteiger partial charge in [-0.25, -0.2) is 8.42 Å². The molecule has 0 unspecified atom stereocenters. The monoisotopic (exact) mass is 304 g/mol. The molecule has 0 bridgehead atoms. The summed E-state index contributed by atoms with van der Waals surface area (Å²) in [4.78, 5) is 11.4. The van der Waals surface area contributed by atoms with Crippen LogP contribution in [0.25, 0.3) is 0 Å². The van der Waals surface area contributed by atoms with Crippen molar-refractivity contribution in [2.24, 2.45) is 0 Å². The highest BCUT2D eigenvalue weighted by atomic mass is 35.5. The highest BCUT2D eigenvalue weighted by molar-refractivity contribution is 7.91. The summed E-state index contributed by atoms with van der Waals surface area (Å²) in [6.45, 7) is 3.61. The molecule has 0 spiro atoms. The number of rotatable bonds is 5. The van der Waals surface area contributed by atoms with Gasteiger partial charge in [0.05, 0.1) is 15.7 Å². The molecule has 5 nitrogen and oxygen atoms in total. The van der Waals surface area contributed by atoms with Gasteiger partial charge in [0.2, 0.25) is 5.91 Å². The number of benzene rings is 1. The molecular formula is C12H17ClN2O3S. The normalized spacial score (nSPS) is 11.6. The summed E-state index contributed by atoms with van der Waals surface area (Å²) in [6, 6.07) is 4.23. The van der Waals surface area contributed by atoms with E-state index in [4.69, 9.17) is 17.3 Å². The van der Waals surface area contributed by atoms with Crippen molar-refractivity contribution in [1.82, 2.24) is 5.32 Å². The molecule has 0 saturated carbocycles. The molecule has 0 heterocycles. The minimum absolute atomic E-state index is 0.0221. The lowest BCUT2D eigenvalue weighted by Crippen LogP contribution is -2.31. The molecule has 0 atom stereocenters. The smallest absolute Gasteiger partial charge is 0.221 e. The fourth-order valence-electron chi connectivity index (χ4n) is 1.49. The van der Waals surface area contributed by atoms with E-state index in [0.717, 1.165) is 0 Å². The molecule has 0 fully saturated rings.